The van der Waals surface area contributed by atoms with Crippen molar-refractivity contribution in [2.24, 2.45) is 5.92 Å². The molecule has 1 N–H and O–H groups in total. The number of carbonyl (C=O) groups excluding carboxylic acids is 1. The number of carboxylic acid groups (broad SMARTS) is 1. The molecule has 0 fully saturated rings. The van der Waals surface area contributed by atoms with Crippen LogP contribution in [0.1, 0.15) is 78.1 Å². The zero-order chi connectivity index (χ0) is 16.1. The van der Waals surface area contributed by atoms with Crippen LogP contribution in [0.5, 0.6) is 0 Å². The van der Waals surface area contributed by atoms with Gasteiger partial charge < -0.3 is 10.0 Å². The lowest BCUT2D eigenvalue weighted by atomic mass is 10.1. The van der Waals surface area contributed by atoms with Gasteiger partial charge in [-0.2, -0.15) is 0 Å². The second kappa shape index (κ2) is 12.7. The van der Waals surface area contributed by atoms with Gasteiger partial charge in [0, 0.05) is 20.0 Å². The third kappa shape index (κ3) is 11.3. The Balaban J connectivity index is 3.50. The van der Waals surface area contributed by atoms with Crippen molar-refractivity contribution >= 4 is 11.9 Å². The van der Waals surface area contributed by atoms with Crippen molar-refractivity contribution in [3.63, 3.8) is 0 Å². The molecule has 0 saturated carbocycles. The topological polar surface area (TPSA) is 57.6 Å². The molecular formula is C17H33NO3. The smallest absolute Gasteiger partial charge is 0.308 e. The van der Waals surface area contributed by atoms with E-state index in [1.165, 1.54) is 44.9 Å². The summed E-state index contributed by atoms with van der Waals surface area (Å²) in [5.74, 6) is -1.29. The SMILES string of the molecule is CCCCCCCCCCCC(=O)N(C)CC(C)C(=O)O. The number of hydrogen-bond acceptors (Lipinski definition) is 2. The number of carbonyl (C=O) groups is 2. The maximum Gasteiger partial charge on any atom is 0.308 e. The second-order valence-corrected chi connectivity index (χ2v) is 6.09. The van der Waals surface area contributed by atoms with Gasteiger partial charge in [-0.15, -0.1) is 0 Å². The average molecular weight is 299 g/mol. The minimum Gasteiger partial charge on any atom is -0.481 e. The van der Waals surface area contributed by atoms with Crippen molar-refractivity contribution < 1.29 is 14.7 Å². The first-order chi connectivity index (χ1) is 9.99. The number of nitrogens with zero attached hydrogens (tertiary/aromatic N) is 1. The molecule has 0 saturated heterocycles. The molecule has 4 heteroatoms. The predicted octanol–water partition coefficient (Wildman–Crippen LogP) is 4.09. The van der Waals surface area contributed by atoms with Crippen LogP contribution in [0.3, 0.4) is 0 Å². The summed E-state index contributed by atoms with van der Waals surface area (Å²) in [6.07, 6.45) is 11.7. The van der Waals surface area contributed by atoms with Crippen molar-refractivity contribution in [1.82, 2.24) is 4.90 Å². The number of hydrogen-bond donors (Lipinski definition) is 1. The standard InChI is InChI=1S/C17H33NO3/c1-4-5-6-7-8-9-10-11-12-13-16(19)18(3)14-15(2)17(20)21/h15H,4-14H2,1-3H3,(H,20,21). The van der Waals surface area contributed by atoms with Crippen molar-refractivity contribution in [2.75, 3.05) is 13.6 Å². The van der Waals surface area contributed by atoms with Crippen molar-refractivity contribution in [3.05, 3.63) is 0 Å². The highest BCUT2D eigenvalue weighted by Gasteiger charge is 2.16. The van der Waals surface area contributed by atoms with Gasteiger partial charge in [0.1, 0.15) is 0 Å². The van der Waals surface area contributed by atoms with E-state index in [1.54, 1.807) is 18.9 Å². The van der Waals surface area contributed by atoms with Gasteiger partial charge in [0.2, 0.25) is 5.91 Å². The monoisotopic (exact) mass is 299 g/mol. The summed E-state index contributed by atoms with van der Waals surface area (Å²) < 4.78 is 0. The first-order valence-corrected chi connectivity index (χ1v) is 8.45. The summed E-state index contributed by atoms with van der Waals surface area (Å²) in [7, 11) is 1.69. The van der Waals surface area contributed by atoms with Crippen LogP contribution in [0.25, 0.3) is 0 Å². The van der Waals surface area contributed by atoms with Crippen LogP contribution in [0.2, 0.25) is 0 Å². The number of rotatable bonds is 13. The molecule has 1 amide bonds. The van der Waals surface area contributed by atoms with E-state index in [0.717, 1.165) is 12.8 Å². The molecule has 0 aliphatic heterocycles. The molecule has 0 bridgehead atoms. The highest BCUT2D eigenvalue weighted by Crippen LogP contribution is 2.11. The third-order valence-electron chi connectivity index (χ3n) is 3.89. The van der Waals surface area contributed by atoms with E-state index in [4.69, 9.17) is 5.11 Å². The molecule has 0 aliphatic carbocycles. The average Bonchev–Trinajstić information content (AvgIpc) is 2.44. The first-order valence-electron chi connectivity index (χ1n) is 8.45. The van der Waals surface area contributed by atoms with E-state index in [2.05, 4.69) is 6.92 Å². The molecule has 0 rings (SSSR count). The fraction of sp³-hybridized carbons (Fsp3) is 0.882. The Morgan fingerprint density at radius 1 is 0.952 bits per heavy atom. The molecule has 0 heterocycles. The molecule has 4 nitrogen and oxygen atoms in total. The van der Waals surface area contributed by atoms with Gasteiger partial charge in [-0.05, 0) is 6.42 Å². The molecule has 0 aromatic carbocycles. The van der Waals surface area contributed by atoms with Crippen molar-refractivity contribution in [1.29, 1.82) is 0 Å². The number of carboxylic acids is 1. The van der Waals surface area contributed by atoms with Crippen LogP contribution < -0.4 is 0 Å². The van der Waals surface area contributed by atoms with Crippen LogP contribution >= 0.6 is 0 Å². The molecule has 0 aromatic heterocycles. The normalized spacial score (nSPS) is 12.1. The Morgan fingerprint density at radius 2 is 1.43 bits per heavy atom. The Kier molecular flexibility index (Phi) is 12.0. The zero-order valence-corrected chi connectivity index (χ0v) is 14.1. The summed E-state index contributed by atoms with van der Waals surface area (Å²) in [5.41, 5.74) is 0. The largest absolute Gasteiger partial charge is 0.481 e. The van der Waals surface area contributed by atoms with E-state index in [1.807, 2.05) is 0 Å². The molecule has 1 atom stereocenters. The second-order valence-electron chi connectivity index (χ2n) is 6.09. The Hall–Kier alpha value is -1.06. The molecule has 0 aromatic rings. The number of aliphatic carboxylic acids is 1. The number of amides is 1. The Morgan fingerprint density at radius 3 is 1.90 bits per heavy atom. The fourth-order valence-electron chi connectivity index (χ4n) is 2.37. The highest BCUT2D eigenvalue weighted by molar-refractivity contribution is 5.77. The van der Waals surface area contributed by atoms with Crippen LogP contribution in [-0.4, -0.2) is 35.5 Å². The van der Waals surface area contributed by atoms with Gasteiger partial charge >= 0.3 is 5.97 Å². The quantitative estimate of drug-likeness (QED) is 0.521. The minimum atomic E-state index is -0.849. The van der Waals surface area contributed by atoms with E-state index in [9.17, 15) is 9.59 Å². The molecule has 0 radical (unpaired) electrons. The van der Waals surface area contributed by atoms with Crippen molar-refractivity contribution in [3.8, 4) is 0 Å². The first kappa shape index (κ1) is 19.9. The van der Waals surface area contributed by atoms with Gasteiger partial charge in [0.05, 0.1) is 5.92 Å². The van der Waals surface area contributed by atoms with Crippen LogP contribution in [0.4, 0.5) is 0 Å². The van der Waals surface area contributed by atoms with Gasteiger partial charge in [0.15, 0.2) is 0 Å². The fourth-order valence-corrected chi connectivity index (χ4v) is 2.37. The van der Waals surface area contributed by atoms with Crippen LogP contribution in [0.15, 0.2) is 0 Å². The lowest BCUT2D eigenvalue weighted by Gasteiger charge is -2.19. The van der Waals surface area contributed by atoms with Crippen LogP contribution in [-0.2, 0) is 9.59 Å². The Labute approximate surface area is 129 Å². The van der Waals surface area contributed by atoms with E-state index in [0.29, 0.717) is 13.0 Å². The molecule has 1 unspecified atom stereocenters. The summed E-state index contributed by atoms with van der Waals surface area (Å²) in [4.78, 5) is 24.1. The molecule has 21 heavy (non-hydrogen) atoms. The zero-order valence-electron chi connectivity index (χ0n) is 14.1. The molecular weight excluding hydrogens is 266 g/mol. The summed E-state index contributed by atoms with van der Waals surface area (Å²) in [5, 5.41) is 8.83. The minimum absolute atomic E-state index is 0.0612. The summed E-state index contributed by atoms with van der Waals surface area (Å²) >= 11 is 0. The maximum absolute atomic E-state index is 11.8. The third-order valence-corrected chi connectivity index (χ3v) is 3.89. The van der Waals surface area contributed by atoms with Gasteiger partial charge in [-0.1, -0.05) is 65.2 Å². The lowest BCUT2D eigenvalue weighted by molar-refractivity contribution is -0.142. The van der Waals surface area contributed by atoms with Gasteiger partial charge in [-0.3, -0.25) is 9.59 Å². The summed E-state index contributed by atoms with van der Waals surface area (Å²) in [6, 6.07) is 0. The number of unbranched alkanes of at least 4 members (excludes halogenated alkanes) is 8. The van der Waals surface area contributed by atoms with Gasteiger partial charge in [-0.25, -0.2) is 0 Å². The molecule has 124 valence electrons. The van der Waals surface area contributed by atoms with Crippen LogP contribution in [0, 0.1) is 5.92 Å². The van der Waals surface area contributed by atoms with E-state index >= 15 is 0 Å². The van der Waals surface area contributed by atoms with Gasteiger partial charge in [0.25, 0.3) is 0 Å². The lowest BCUT2D eigenvalue weighted by Crippen LogP contribution is -2.33. The highest BCUT2D eigenvalue weighted by atomic mass is 16.4. The Bertz CT molecular complexity index is 292. The predicted molar refractivity (Wildman–Crippen MR) is 86.3 cm³/mol. The van der Waals surface area contributed by atoms with E-state index in [-0.39, 0.29) is 5.91 Å². The summed E-state index contributed by atoms with van der Waals surface area (Å²) in [6.45, 7) is 4.15. The molecule has 0 aliphatic rings. The van der Waals surface area contributed by atoms with Crippen molar-refractivity contribution in [2.45, 2.75) is 78.1 Å². The van der Waals surface area contributed by atoms with E-state index < -0.39 is 11.9 Å². The molecule has 0 spiro atoms. The maximum atomic E-state index is 11.8.